The summed E-state index contributed by atoms with van der Waals surface area (Å²) in [4.78, 5) is 63.2. The van der Waals surface area contributed by atoms with Crippen LogP contribution in [0.3, 0.4) is 0 Å². The number of carbonyl (C=O) groups excluding carboxylic acids is 4. The van der Waals surface area contributed by atoms with Gasteiger partial charge in [0.1, 0.15) is 6.61 Å². The molecule has 3 heterocycles. The molecule has 0 saturated carbocycles. The number of amides is 4. The lowest BCUT2D eigenvalue weighted by atomic mass is 9.98. The first kappa shape index (κ1) is 38.8. The number of methoxy groups -OCH3 is 1. The number of hydrogen-bond donors (Lipinski definition) is 3. The number of aliphatic imine (C=N–C) groups is 1. The Morgan fingerprint density at radius 1 is 0.803 bits per heavy atom. The van der Waals surface area contributed by atoms with E-state index >= 15 is 0 Å². The molecule has 1 atom stereocenters. The van der Waals surface area contributed by atoms with Crippen LogP contribution < -0.4 is 30.3 Å². The number of aryl methyl sites for hydroxylation is 1. The normalized spacial score (nSPS) is 14.5. The highest BCUT2D eigenvalue weighted by Crippen LogP contribution is 2.45. The smallest absolute Gasteiger partial charge is 0.411 e. The Bertz CT molecular complexity index is 2680. The van der Waals surface area contributed by atoms with Crippen LogP contribution in [0.5, 0.6) is 11.5 Å². The van der Waals surface area contributed by atoms with E-state index in [-0.39, 0.29) is 55.1 Å². The molecule has 9 rings (SSSR count). The molecule has 0 radical (unpaired) electrons. The molecule has 6 aromatic rings. The van der Waals surface area contributed by atoms with Crippen molar-refractivity contribution in [2.75, 3.05) is 41.2 Å². The first-order valence-corrected chi connectivity index (χ1v) is 19.9. The number of nitrogens with one attached hydrogen (secondary N) is 3. The number of benzene rings is 5. The third-order valence-corrected chi connectivity index (χ3v) is 11.0. The second-order valence-electron chi connectivity index (χ2n) is 14.9. The zero-order chi connectivity index (χ0) is 42.0. The van der Waals surface area contributed by atoms with Gasteiger partial charge in [0.05, 0.1) is 31.0 Å². The Balaban J connectivity index is 0.738. The highest BCUT2D eigenvalue weighted by molar-refractivity contribution is 6.14. The van der Waals surface area contributed by atoms with Gasteiger partial charge in [0.15, 0.2) is 17.3 Å². The maximum Gasteiger partial charge on any atom is 0.411 e. The third kappa shape index (κ3) is 7.78. The Labute approximate surface area is 351 Å². The third-order valence-electron chi connectivity index (χ3n) is 11.0. The quantitative estimate of drug-likeness (QED) is 0.104. The van der Waals surface area contributed by atoms with E-state index in [0.29, 0.717) is 47.0 Å². The summed E-state index contributed by atoms with van der Waals surface area (Å²) in [6.07, 6.45) is 3.95. The molecule has 306 valence electrons. The summed E-state index contributed by atoms with van der Waals surface area (Å²) in [5, 5.41) is 8.29. The average Bonchev–Trinajstić information content (AvgIpc) is 3.91. The highest BCUT2D eigenvalue weighted by Gasteiger charge is 2.36. The van der Waals surface area contributed by atoms with Crippen molar-refractivity contribution in [3.05, 3.63) is 143 Å². The van der Waals surface area contributed by atoms with E-state index in [9.17, 15) is 19.2 Å². The Morgan fingerprint density at radius 2 is 1.49 bits per heavy atom. The largest absolute Gasteiger partial charge is 0.493 e. The van der Waals surface area contributed by atoms with Crippen LogP contribution in [-0.4, -0.2) is 65.9 Å². The Morgan fingerprint density at radius 3 is 2.23 bits per heavy atom. The molecule has 5 aromatic carbocycles. The molecule has 14 heteroatoms. The highest BCUT2D eigenvalue weighted by atomic mass is 16.5. The van der Waals surface area contributed by atoms with E-state index in [2.05, 4.69) is 50.2 Å². The van der Waals surface area contributed by atoms with Crippen LogP contribution in [0.2, 0.25) is 0 Å². The molecule has 4 amide bonds. The topological polar surface area (TPSA) is 165 Å². The number of para-hydroxylation sites is 1. The number of rotatable bonds is 12. The number of anilines is 4. The van der Waals surface area contributed by atoms with Gasteiger partial charge < -0.3 is 29.4 Å². The van der Waals surface area contributed by atoms with Crippen LogP contribution in [0.4, 0.5) is 33.4 Å². The lowest BCUT2D eigenvalue weighted by Gasteiger charge is -2.22. The van der Waals surface area contributed by atoms with Gasteiger partial charge in [-0.25, -0.2) is 9.78 Å². The SMILES string of the molecule is COc1cc2c(cc1OCCCC(=O)Nc1cn(C)c(C(=O)Nc3ccc(NC(=O)OCC4c5ccccc5-c5ccccc54)cc3)n1)N=C[C@@H]1Cc3ccccc3N1C2=O. The fourth-order valence-corrected chi connectivity index (χ4v) is 8.12. The maximum absolute atomic E-state index is 13.7. The molecule has 2 aliphatic heterocycles. The molecule has 14 nitrogen and oxygen atoms in total. The summed E-state index contributed by atoms with van der Waals surface area (Å²) in [6.45, 7) is 0.384. The summed E-state index contributed by atoms with van der Waals surface area (Å²) >= 11 is 0. The summed E-state index contributed by atoms with van der Waals surface area (Å²) in [7, 11) is 3.16. The van der Waals surface area contributed by atoms with Crippen LogP contribution in [0.25, 0.3) is 11.1 Å². The van der Waals surface area contributed by atoms with Crippen molar-refractivity contribution in [1.29, 1.82) is 0 Å². The molecule has 3 N–H and O–H groups in total. The van der Waals surface area contributed by atoms with Gasteiger partial charge in [-0.2, -0.15) is 0 Å². The van der Waals surface area contributed by atoms with Gasteiger partial charge in [-0.05, 0) is 70.6 Å². The number of hydrogen-bond acceptors (Lipinski definition) is 9. The number of carbonyl (C=O) groups is 4. The van der Waals surface area contributed by atoms with Crippen LogP contribution in [0.1, 0.15) is 56.4 Å². The minimum absolute atomic E-state index is 0.0537. The van der Waals surface area contributed by atoms with Gasteiger partial charge in [-0.3, -0.25) is 29.6 Å². The van der Waals surface area contributed by atoms with E-state index in [1.165, 1.54) is 11.7 Å². The number of fused-ring (bicyclic) bond motifs is 7. The summed E-state index contributed by atoms with van der Waals surface area (Å²) in [5.41, 5.74) is 8.42. The van der Waals surface area contributed by atoms with E-state index in [1.54, 1.807) is 60.8 Å². The molecule has 0 unspecified atom stereocenters. The van der Waals surface area contributed by atoms with Crippen LogP contribution in [-0.2, 0) is 23.0 Å². The minimum Gasteiger partial charge on any atom is -0.493 e. The van der Waals surface area contributed by atoms with Crippen LogP contribution in [0, 0.1) is 0 Å². The first-order valence-electron chi connectivity index (χ1n) is 19.9. The second-order valence-corrected chi connectivity index (χ2v) is 14.9. The molecule has 0 bridgehead atoms. The van der Waals surface area contributed by atoms with Gasteiger partial charge in [0.25, 0.3) is 11.8 Å². The lowest BCUT2D eigenvalue weighted by Crippen LogP contribution is -2.37. The van der Waals surface area contributed by atoms with Gasteiger partial charge in [-0.15, -0.1) is 0 Å². The lowest BCUT2D eigenvalue weighted by molar-refractivity contribution is -0.116. The summed E-state index contributed by atoms with van der Waals surface area (Å²) < 4.78 is 18.7. The monoisotopic (exact) mass is 815 g/mol. The predicted molar refractivity (Wildman–Crippen MR) is 232 cm³/mol. The molecule has 0 spiro atoms. The summed E-state index contributed by atoms with van der Waals surface area (Å²) in [6, 6.07) is 33.9. The number of ether oxygens (including phenoxy) is 3. The van der Waals surface area contributed by atoms with Gasteiger partial charge in [0.2, 0.25) is 11.7 Å². The Hall–Kier alpha value is -7.74. The van der Waals surface area contributed by atoms with Crippen molar-refractivity contribution in [3.8, 4) is 22.6 Å². The fourth-order valence-electron chi connectivity index (χ4n) is 8.12. The zero-order valence-corrected chi connectivity index (χ0v) is 33.4. The van der Waals surface area contributed by atoms with Crippen molar-refractivity contribution in [3.63, 3.8) is 0 Å². The zero-order valence-electron chi connectivity index (χ0n) is 33.4. The predicted octanol–water partition coefficient (Wildman–Crippen LogP) is 8.13. The maximum atomic E-state index is 13.7. The van der Waals surface area contributed by atoms with Crippen molar-refractivity contribution >= 4 is 58.6 Å². The standard InChI is InChI=1S/C47H41N7O7/c1-53-26-42(51-43(55)16-9-21-60-41-24-38-36(23-40(41)59-2)46(57)54-31(25-48-38)22-28-10-3-8-15-39(28)54)52-44(53)45(56)49-29-17-19-30(20-18-29)50-47(58)61-27-37-34-13-6-4-11-32(34)33-12-5-7-14-35(33)37/h3-8,10-15,17-20,23-26,31,37H,9,16,21-22,27H2,1-2H3,(H,49,56)(H,50,58)(H,51,55)/t31-/m0/s1. The minimum atomic E-state index is -0.583. The van der Waals surface area contributed by atoms with E-state index < -0.39 is 12.0 Å². The molecular weight excluding hydrogens is 775 g/mol. The van der Waals surface area contributed by atoms with E-state index in [0.717, 1.165) is 33.5 Å². The molecule has 1 aliphatic carbocycles. The average molecular weight is 816 g/mol. The van der Waals surface area contributed by atoms with E-state index in [1.807, 2.05) is 48.5 Å². The van der Waals surface area contributed by atoms with E-state index in [4.69, 9.17) is 14.2 Å². The van der Waals surface area contributed by atoms with Crippen LogP contribution in [0.15, 0.2) is 120 Å². The number of nitrogens with zero attached hydrogens (tertiary/aromatic N) is 4. The van der Waals surface area contributed by atoms with Gasteiger partial charge in [0, 0.05) is 61.3 Å². The number of aromatic nitrogens is 2. The van der Waals surface area contributed by atoms with Crippen molar-refractivity contribution < 1.29 is 33.4 Å². The summed E-state index contributed by atoms with van der Waals surface area (Å²) in [5.74, 6) is 0.101. The fraction of sp³-hybridized carbons (Fsp3) is 0.191. The molecular formula is C47H41N7O7. The van der Waals surface area contributed by atoms with Crippen molar-refractivity contribution in [2.24, 2.45) is 12.0 Å². The first-order chi connectivity index (χ1) is 29.7. The van der Waals surface area contributed by atoms with Gasteiger partial charge in [-0.1, -0.05) is 66.7 Å². The molecule has 3 aliphatic rings. The molecule has 61 heavy (non-hydrogen) atoms. The molecule has 0 saturated heterocycles. The van der Waals surface area contributed by atoms with Gasteiger partial charge >= 0.3 is 6.09 Å². The Kier molecular flexibility index (Phi) is 10.5. The van der Waals surface area contributed by atoms with Crippen molar-refractivity contribution in [1.82, 2.24) is 9.55 Å². The van der Waals surface area contributed by atoms with Crippen LogP contribution >= 0.6 is 0 Å². The number of imidazole rings is 1. The second kappa shape index (κ2) is 16.5. The molecule has 1 aromatic heterocycles. The van der Waals surface area contributed by atoms with Crippen molar-refractivity contribution in [2.45, 2.75) is 31.2 Å². The molecule has 0 fully saturated rings.